The molecule has 31 heavy (non-hydrogen) atoms. The van der Waals surface area contributed by atoms with Crippen LogP contribution < -0.4 is 15.5 Å². The van der Waals surface area contributed by atoms with Gasteiger partial charge in [-0.1, -0.05) is 32.0 Å². The highest BCUT2D eigenvalue weighted by atomic mass is 16.6. The lowest BCUT2D eigenvalue weighted by Gasteiger charge is -2.30. The van der Waals surface area contributed by atoms with Crippen LogP contribution in [-0.2, 0) is 19.9 Å². The first-order valence-electron chi connectivity index (χ1n) is 10.1. The molecule has 9 heteroatoms. The Kier molecular flexibility index (Phi) is 4.03. The van der Waals surface area contributed by atoms with Gasteiger partial charge in [-0.2, -0.15) is 0 Å². The Hall–Kier alpha value is -3.59. The first-order chi connectivity index (χ1) is 14.8. The molecule has 3 aliphatic rings. The van der Waals surface area contributed by atoms with E-state index in [9.17, 15) is 24.5 Å². The molecule has 0 saturated carbocycles. The molecular weight excluding hydrogens is 400 g/mol. The molecule has 3 amide bonds. The molecular formula is C22H20N4O5. The molecule has 158 valence electrons. The number of nitro benzene ring substituents is 1. The zero-order chi connectivity index (χ0) is 22.1. The van der Waals surface area contributed by atoms with Crippen molar-refractivity contribution in [1.29, 1.82) is 0 Å². The molecule has 5 rings (SSSR count). The summed E-state index contributed by atoms with van der Waals surface area (Å²) in [4.78, 5) is 51.9. The molecule has 3 heterocycles. The third-order valence-electron chi connectivity index (χ3n) is 6.59. The second-order valence-electron chi connectivity index (χ2n) is 8.51. The van der Waals surface area contributed by atoms with Crippen molar-refractivity contribution in [2.75, 3.05) is 10.2 Å². The molecule has 4 atom stereocenters. The van der Waals surface area contributed by atoms with Gasteiger partial charge in [-0.05, 0) is 24.1 Å². The van der Waals surface area contributed by atoms with Crippen molar-refractivity contribution in [3.63, 3.8) is 0 Å². The van der Waals surface area contributed by atoms with Crippen LogP contribution in [0.1, 0.15) is 19.4 Å². The van der Waals surface area contributed by atoms with Crippen LogP contribution in [0.15, 0.2) is 48.5 Å². The van der Waals surface area contributed by atoms with Gasteiger partial charge in [0, 0.05) is 29.4 Å². The monoisotopic (exact) mass is 420 g/mol. The molecule has 2 aromatic rings. The van der Waals surface area contributed by atoms with E-state index < -0.39 is 34.1 Å². The van der Waals surface area contributed by atoms with Gasteiger partial charge < -0.3 is 5.32 Å². The molecule has 0 aliphatic carbocycles. The highest BCUT2D eigenvalue weighted by Gasteiger charge is 2.70. The number of hydrogen-bond acceptors (Lipinski definition) is 6. The van der Waals surface area contributed by atoms with Crippen LogP contribution in [0.5, 0.6) is 0 Å². The average molecular weight is 420 g/mol. The third kappa shape index (κ3) is 2.43. The Morgan fingerprint density at radius 1 is 1.03 bits per heavy atom. The summed E-state index contributed by atoms with van der Waals surface area (Å²) in [5, 5.41) is 17.2. The predicted octanol–water partition coefficient (Wildman–Crippen LogP) is 2.18. The Labute approximate surface area is 177 Å². The van der Waals surface area contributed by atoms with Gasteiger partial charge >= 0.3 is 0 Å². The minimum absolute atomic E-state index is 0.0130. The highest BCUT2D eigenvalue weighted by Crippen LogP contribution is 2.54. The van der Waals surface area contributed by atoms with Gasteiger partial charge in [0.05, 0.1) is 22.4 Å². The number of amides is 3. The standard InChI is InChI=1S/C22H20N4O5/c1-11(2)18-16-17(22(24-18)14-5-3-4-6-15(14)23-21(22)29)20(28)25(19(16)27)12-7-9-13(10-8-12)26(30)31/h3-11,16-18,24H,1-2H3,(H,23,29)/t16-,17-,18+,22+/m1/s1. The van der Waals surface area contributed by atoms with Crippen LogP contribution in [0.2, 0.25) is 0 Å². The molecule has 2 aromatic carbocycles. The number of para-hydroxylation sites is 1. The van der Waals surface area contributed by atoms with Crippen LogP contribution in [0.25, 0.3) is 0 Å². The van der Waals surface area contributed by atoms with Crippen molar-refractivity contribution < 1.29 is 19.3 Å². The molecule has 0 aromatic heterocycles. The number of non-ortho nitro benzene ring substituents is 1. The van der Waals surface area contributed by atoms with E-state index in [4.69, 9.17) is 0 Å². The van der Waals surface area contributed by atoms with E-state index in [1.165, 1.54) is 24.3 Å². The SMILES string of the molecule is CC(C)[C@@H]1N[C@]2(C(=O)Nc3ccccc32)[C@H]2C(=O)N(c3ccc([N+](=O)[O-])cc3)C(=O)[C@@H]12. The molecule has 2 N–H and O–H groups in total. The Morgan fingerprint density at radius 2 is 1.71 bits per heavy atom. The van der Waals surface area contributed by atoms with Crippen LogP contribution in [-0.4, -0.2) is 28.7 Å². The minimum atomic E-state index is -1.33. The minimum Gasteiger partial charge on any atom is -0.324 e. The summed E-state index contributed by atoms with van der Waals surface area (Å²) >= 11 is 0. The summed E-state index contributed by atoms with van der Waals surface area (Å²) in [5.41, 5.74) is 0.0741. The number of nitro groups is 1. The van der Waals surface area contributed by atoms with E-state index in [0.29, 0.717) is 11.3 Å². The van der Waals surface area contributed by atoms with Gasteiger partial charge in [-0.3, -0.25) is 29.8 Å². The maximum atomic E-state index is 13.7. The molecule has 2 saturated heterocycles. The first-order valence-corrected chi connectivity index (χ1v) is 10.1. The number of nitrogens with one attached hydrogen (secondary N) is 2. The number of rotatable bonds is 3. The van der Waals surface area contributed by atoms with E-state index in [1.54, 1.807) is 24.3 Å². The zero-order valence-electron chi connectivity index (χ0n) is 16.9. The Bertz CT molecular complexity index is 1140. The number of carbonyl (C=O) groups is 3. The lowest BCUT2D eigenvalue weighted by Crippen LogP contribution is -2.54. The quantitative estimate of drug-likeness (QED) is 0.446. The number of hydrogen-bond donors (Lipinski definition) is 2. The summed E-state index contributed by atoms with van der Waals surface area (Å²) in [6.07, 6.45) is 0. The molecule has 0 unspecified atom stereocenters. The van der Waals surface area contributed by atoms with Crippen molar-refractivity contribution in [2.45, 2.75) is 25.4 Å². The highest BCUT2D eigenvalue weighted by molar-refractivity contribution is 6.25. The maximum Gasteiger partial charge on any atom is 0.269 e. The smallest absolute Gasteiger partial charge is 0.269 e. The second-order valence-corrected chi connectivity index (χ2v) is 8.51. The summed E-state index contributed by atoms with van der Waals surface area (Å²) < 4.78 is 0. The Morgan fingerprint density at radius 3 is 2.35 bits per heavy atom. The fourth-order valence-electron chi connectivity index (χ4n) is 5.24. The molecule has 0 radical (unpaired) electrons. The second kappa shape index (κ2) is 6.45. The van der Waals surface area contributed by atoms with Crippen LogP contribution in [0, 0.1) is 27.9 Å². The van der Waals surface area contributed by atoms with E-state index in [-0.39, 0.29) is 29.2 Å². The van der Waals surface area contributed by atoms with Crippen LogP contribution in [0.3, 0.4) is 0 Å². The fourth-order valence-corrected chi connectivity index (χ4v) is 5.24. The normalized spacial score (nSPS) is 28.9. The third-order valence-corrected chi connectivity index (χ3v) is 6.59. The number of imide groups is 1. The number of anilines is 2. The summed E-state index contributed by atoms with van der Waals surface area (Å²) in [6.45, 7) is 3.89. The summed E-state index contributed by atoms with van der Waals surface area (Å²) in [5.74, 6) is -2.87. The first kappa shape index (κ1) is 19.4. The fraction of sp³-hybridized carbons (Fsp3) is 0.318. The van der Waals surface area contributed by atoms with E-state index in [1.807, 2.05) is 13.8 Å². The maximum absolute atomic E-state index is 13.7. The summed E-state index contributed by atoms with van der Waals surface area (Å²) in [6, 6.07) is 12.1. The molecule has 0 bridgehead atoms. The molecule has 3 aliphatic heterocycles. The van der Waals surface area contributed by atoms with Crippen molar-refractivity contribution in [3.05, 3.63) is 64.2 Å². The van der Waals surface area contributed by atoms with Gasteiger partial charge in [0.2, 0.25) is 17.7 Å². The van der Waals surface area contributed by atoms with E-state index >= 15 is 0 Å². The van der Waals surface area contributed by atoms with Gasteiger partial charge in [-0.25, -0.2) is 4.90 Å². The number of fused-ring (bicyclic) bond motifs is 4. The van der Waals surface area contributed by atoms with Gasteiger partial charge in [-0.15, -0.1) is 0 Å². The largest absolute Gasteiger partial charge is 0.324 e. The lowest BCUT2D eigenvalue weighted by atomic mass is 9.76. The van der Waals surface area contributed by atoms with Crippen molar-refractivity contribution in [2.24, 2.45) is 17.8 Å². The average Bonchev–Trinajstić information content (AvgIpc) is 3.33. The van der Waals surface area contributed by atoms with Crippen molar-refractivity contribution in [3.8, 4) is 0 Å². The zero-order valence-corrected chi connectivity index (χ0v) is 16.9. The van der Waals surface area contributed by atoms with E-state index in [0.717, 1.165) is 4.90 Å². The van der Waals surface area contributed by atoms with Crippen LogP contribution in [0.4, 0.5) is 17.1 Å². The number of benzene rings is 2. The van der Waals surface area contributed by atoms with Gasteiger partial charge in [0.1, 0.15) is 5.54 Å². The number of nitrogens with zero attached hydrogens (tertiary/aromatic N) is 2. The van der Waals surface area contributed by atoms with Gasteiger partial charge in [0.15, 0.2) is 0 Å². The lowest BCUT2D eigenvalue weighted by molar-refractivity contribution is -0.384. The van der Waals surface area contributed by atoms with Gasteiger partial charge in [0.25, 0.3) is 5.69 Å². The van der Waals surface area contributed by atoms with E-state index in [2.05, 4.69) is 10.6 Å². The van der Waals surface area contributed by atoms with Crippen molar-refractivity contribution in [1.82, 2.24) is 5.32 Å². The summed E-state index contributed by atoms with van der Waals surface area (Å²) in [7, 11) is 0. The van der Waals surface area contributed by atoms with Crippen molar-refractivity contribution >= 4 is 34.8 Å². The predicted molar refractivity (Wildman–Crippen MR) is 111 cm³/mol. The van der Waals surface area contributed by atoms with Crippen LogP contribution >= 0.6 is 0 Å². The number of carbonyl (C=O) groups excluding carboxylic acids is 3. The molecule has 9 nitrogen and oxygen atoms in total. The molecule has 2 fully saturated rings. The Balaban J connectivity index is 1.64. The molecule has 1 spiro atoms. The topological polar surface area (TPSA) is 122 Å².